The number of imidazole rings is 1. The van der Waals surface area contributed by atoms with Crippen LogP contribution in [0.1, 0.15) is 25.1 Å². The molecule has 5 rings (SSSR count). The zero-order valence-electron chi connectivity index (χ0n) is 18.9. The lowest BCUT2D eigenvalue weighted by Crippen LogP contribution is -2.36. The van der Waals surface area contributed by atoms with Gasteiger partial charge in [-0.05, 0) is 37.1 Å². The molecule has 1 amide bonds. The lowest BCUT2D eigenvalue weighted by atomic mass is 10.1. The van der Waals surface area contributed by atoms with Gasteiger partial charge in [-0.15, -0.1) is 0 Å². The number of nitriles is 1. The Hall–Kier alpha value is -4.45. The Morgan fingerprint density at radius 3 is 2.83 bits per heavy atom. The van der Waals surface area contributed by atoms with Crippen LogP contribution in [0, 0.1) is 17.1 Å². The fourth-order valence-corrected chi connectivity index (χ4v) is 4.59. The highest BCUT2D eigenvalue weighted by molar-refractivity contribution is 5.85. The summed E-state index contributed by atoms with van der Waals surface area (Å²) in [7, 11) is 0. The summed E-state index contributed by atoms with van der Waals surface area (Å²) < 4.78 is 22.8. The number of nitrogen functional groups attached to an aromatic ring is 1. The molecular weight excluding hydrogens is 447 g/mol. The lowest BCUT2D eigenvalue weighted by molar-refractivity contribution is -0.130. The molecule has 8 nitrogen and oxygen atoms in total. The third kappa shape index (κ3) is 4.38. The Kier molecular flexibility index (Phi) is 6.02. The van der Waals surface area contributed by atoms with Gasteiger partial charge in [-0.3, -0.25) is 9.20 Å². The first kappa shape index (κ1) is 22.3. The lowest BCUT2D eigenvalue weighted by Gasteiger charge is -2.23. The van der Waals surface area contributed by atoms with Crippen molar-refractivity contribution in [2.45, 2.75) is 31.7 Å². The van der Waals surface area contributed by atoms with Crippen LogP contribution in [0.3, 0.4) is 0 Å². The number of hydrogen-bond donors (Lipinski definition) is 1. The Morgan fingerprint density at radius 1 is 1.23 bits per heavy atom. The van der Waals surface area contributed by atoms with Crippen LogP contribution in [0.25, 0.3) is 16.8 Å². The number of nitrogens with zero attached hydrogens (tertiary/aromatic N) is 5. The van der Waals surface area contributed by atoms with E-state index in [0.29, 0.717) is 41.5 Å². The molecule has 0 bridgehead atoms. The zero-order chi connectivity index (χ0) is 24.4. The average molecular weight is 471 g/mol. The largest absolute Gasteiger partial charge is 0.457 e. The van der Waals surface area contributed by atoms with E-state index in [0.717, 1.165) is 12.8 Å². The second-order valence-corrected chi connectivity index (χ2v) is 8.39. The number of nitrogens with two attached hydrogens (primary N) is 1. The van der Waals surface area contributed by atoms with E-state index in [-0.39, 0.29) is 29.8 Å². The van der Waals surface area contributed by atoms with Crippen molar-refractivity contribution in [1.29, 1.82) is 5.26 Å². The molecule has 0 aliphatic carbocycles. The number of aromatic nitrogens is 3. The maximum Gasteiger partial charge on any atom is 0.237 e. The SMILES string of the molecule is N#CCC(=O)N1CCC[C@H]1Cc1nc(-c2ccc(Oc3ccccc3)cc2F)c2c(N)nccn12. The summed E-state index contributed by atoms with van der Waals surface area (Å²) in [6.07, 6.45) is 5.28. The summed E-state index contributed by atoms with van der Waals surface area (Å²) in [6.45, 7) is 0.614. The van der Waals surface area contributed by atoms with Gasteiger partial charge in [0.2, 0.25) is 5.91 Å². The van der Waals surface area contributed by atoms with Crippen LogP contribution in [-0.2, 0) is 11.2 Å². The summed E-state index contributed by atoms with van der Waals surface area (Å²) >= 11 is 0. The number of para-hydroxylation sites is 1. The Balaban J connectivity index is 1.50. The molecule has 0 spiro atoms. The average Bonchev–Trinajstić information content (AvgIpc) is 3.46. The number of halogens is 1. The van der Waals surface area contributed by atoms with Crippen molar-refractivity contribution in [2.75, 3.05) is 12.3 Å². The van der Waals surface area contributed by atoms with E-state index < -0.39 is 5.82 Å². The molecule has 0 saturated carbocycles. The Bertz CT molecular complexity index is 1430. The number of hydrogen-bond acceptors (Lipinski definition) is 6. The highest BCUT2D eigenvalue weighted by Crippen LogP contribution is 2.34. The molecule has 1 aliphatic rings. The fourth-order valence-electron chi connectivity index (χ4n) is 4.59. The van der Waals surface area contributed by atoms with E-state index >= 15 is 4.39 Å². The summed E-state index contributed by atoms with van der Waals surface area (Å²) in [5.41, 5.74) is 7.35. The zero-order valence-corrected chi connectivity index (χ0v) is 18.9. The van der Waals surface area contributed by atoms with Crippen molar-refractivity contribution in [1.82, 2.24) is 19.3 Å². The number of rotatable bonds is 6. The minimum Gasteiger partial charge on any atom is -0.457 e. The number of benzene rings is 2. The summed E-state index contributed by atoms with van der Waals surface area (Å²) in [5, 5.41) is 8.92. The molecule has 0 radical (unpaired) electrons. The van der Waals surface area contributed by atoms with Crippen LogP contribution in [0.15, 0.2) is 60.9 Å². The summed E-state index contributed by atoms with van der Waals surface area (Å²) in [5.74, 6) is 1.17. The molecule has 2 aromatic heterocycles. The van der Waals surface area contributed by atoms with E-state index in [1.165, 1.54) is 6.07 Å². The predicted octanol–water partition coefficient (Wildman–Crippen LogP) is 4.36. The topological polar surface area (TPSA) is 110 Å². The molecule has 1 aliphatic heterocycles. The van der Waals surface area contributed by atoms with E-state index in [9.17, 15) is 4.79 Å². The predicted molar refractivity (Wildman–Crippen MR) is 128 cm³/mol. The van der Waals surface area contributed by atoms with E-state index in [1.54, 1.807) is 46.0 Å². The van der Waals surface area contributed by atoms with Gasteiger partial charge >= 0.3 is 0 Å². The molecule has 1 fully saturated rings. The van der Waals surface area contributed by atoms with Crippen LogP contribution in [-0.4, -0.2) is 37.8 Å². The van der Waals surface area contributed by atoms with E-state index in [1.807, 2.05) is 24.3 Å². The molecule has 2 N–H and O–H groups in total. The molecule has 0 unspecified atom stereocenters. The number of carbonyl (C=O) groups is 1. The molecule has 9 heteroatoms. The highest BCUT2D eigenvalue weighted by atomic mass is 19.1. The highest BCUT2D eigenvalue weighted by Gasteiger charge is 2.30. The van der Waals surface area contributed by atoms with E-state index in [4.69, 9.17) is 20.7 Å². The smallest absolute Gasteiger partial charge is 0.237 e. The van der Waals surface area contributed by atoms with Crippen molar-refractivity contribution in [3.8, 4) is 28.8 Å². The third-order valence-electron chi connectivity index (χ3n) is 6.18. The number of carbonyl (C=O) groups excluding carboxylic acids is 1. The van der Waals surface area contributed by atoms with Crippen LogP contribution < -0.4 is 10.5 Å². The number of anilines is 1. The molecule has 3 heterocycles. The van der Waals surface area contributed by atoms with Gasteiger partial charge in [0.1, 0.15) is 46.6 Å². The Labute approximate surface area is 201 Å². The van der Waals surface area contributed by atoms with Crippen molar-refractivity contribution in [3.63, 3.8) is 0 Å². The van der Waals surface area contributed by atoms with Gasteiger partial charge < -0.3 is 15.4 Å². The van der Waals surface area contributed by atoms with E-state index in [2.05, 4.69) is 4.98 Å². The van der Waals surface area contributed by atoms with Crippen molar-refractivity contribution in [2.24, 2.45) is 0 Å². The van der Waals surface area contributed by atoms with Gasteiger partial charge in [0.15, 0.2) is 0 Å². The van der Waals surface area contributed by atoms with Crippen LogP contribution in [0.2, 0.25) is 0 Å². The van der Waals surface area contributed by atoms with Crippen LogP contribution in [0.5, 0.6) is 11.5 Å². The molecule has 35 heavy (non-hydrogen) atoms. The number of amides is 1. The first-order valence-electron chi connectivity index (χ1n) is 11.4. The summed E-state index contributed by atoms with van der Waals surface area (Å²) in [6, 6.07) is 15.6. The molecule has 1 saturated heterocycles. The summed E-state index contributed by atoms with van der Waals surface area (Å²) in [4.78, 5) is 23.1. The molecule has 2 aromatic carbocycles. The van der Waals surface area contributed by atoms with Crippen LogP contribution >= 0.6 is 0 Å². The number of ether oxygens (including phenoxy) is 1. The second-order valence-electron chi connectivity index (χ2n) is 8.39. The van der Waals surface area contributed by atoms with Gasteiger partial charge in [-0.25, -0.2) is 14.4 Å². The minimum absolute atomic E-state index is 0.0878. The second kappa shape index (κ2) is 9.43. The molecule has 4 aromatic rings. The number of fused-ring (bicyclic) bond motifs is 1. The fraction of sp³-hybridized carbons (Fsp3) is 0.231. The molecular formula is C26H23FN6O2. The Morgan fingerprint density at radius 2 is 2.06 bits per heavy atom. The monoisotopic (exact) mass is 470 g/mol. The van der Waals surface area contributed by atoms with Gasteiger partial charge in [0.25, 0.3) is 0 Å². The normalized spacial score (nSPS) is 15.3. The van der Waals surface area contributed by atoms with Gasteiger partial charge in [-0.2, -0.15) is 5.26 Å². The number of likely N-dealkylation sites (tertiary alicyclic amines) is 1. The van der Waals surface area contributed by atoms with Crippen molar-refractivity contribution < 1.29 is 13.9 Å². The first-order chi connectivity index (χ1) is 17.0. The molecule has 1 atom stereocenters. The van der Waals surface area contributed by atoms with Crippen molar-refractivity contribution in [3.05, 3.63) is 72.6 Å². The molecule has 176 valence electrons. The first-order valence-corrected chi connectivity index (χ1v) is 11.4. The maximum atomic E-state index is 15.3. The standard InChI is InChI=1S/C26H23FN6O2/c27-21-16-19(35-18-6-2-1-3-7-18)8-9-20(21)24-25-26(29)30-12-14-33(25)22(31-24)15-17-5-4-13-32(17)23(34)10-11-28/h1-3,6-9,12,14,16-17H,4-5,10,13,15H2,(H2,29,30)/t17-/m0/s1. The third-order valence-corrected chi connectivity index (χ3v) is 6.18. The minimum atomic E-state index is -0.500. The van der Waals surface area contributed by atoms with Gasteiger partial charge in [-0.1, -0.05) is 18.2 Å². The maximum absolute atomic E-state index is 15.3. The quantitative estimate of drug-likeness (QED) is 0.449. The van der Waals surface area contributed by atoms with Crippen molar-refractivity contribution >= 4 is 17.2 Å². The van der Waals surface area contributed by atoms with Gasteiger partial charge in [0.05, 0.1) is 6.07 Å². The van der Waals surface area contributed by atoms with Gasteiger partial charge in [0, 0.05) is 43.0 Å². The van der Waals surface area contributed by atoms with Crippen LogP contribution in [0.4, 0.5) is 10.2 Å².